The number of rotatable bonds is 6. The maximum Gasteiger partial charge on any atom is 0.271 e. The van der Waals surface area contributed by atoms with E-state index < -0.39 is 14.9 Å². The monoisotopic (exact) mass is 379 g/mol. The Morgan fingerprint density at radius 1 is 1.19 bits per heavy atom. The summed E-state index contributed by atoms with van der Waals surface area (Å²) in [7, 11) is 0.234. The minimum Gasteiger partial charge on any atom is -0.495 e. The molecule has 0 atom stereocenters. The molecule has 10 heteroatoms. The number of nitro groups is 1. The second kappa shape index (κ2) is 7.40. The SMILES string of the molecule is COc1ccc([N+](=O)[O-])cc1S(=O)(=O)Nc1cccc(C(=O)N(C)C)c1. The van der Waals surface area contributed by atoms with Gasteiger partial charge in [0, 0.05) is 37.5 Å². The average Bonchev–Trinajstić information content (AvgIpc) is 2.60. The Kier molecular flexibility index (Phi) is 5.46. The Hall–Kier alpha value is -3.14. The van der Waals surface area contributed by atoms with Crippen molar-refractivity contribution in [3.63, 3.8) is 0 Å². The van der Waals surface area contributed by atoms with Crippen LogP contribution in [-0.2, 0) is 10.0 Å². The number of carbonyl (C=O) groups is 1. The summed E-state index contributed by atoms with van der Waals surface area (Å²) < 4.78 is 32.6. The van der Waals surface area contributed by atoms with Gasteiger partial charge in [0.05, 0.1) is 12.0 Å². The molecule has 2 rings (SSSR count). The molecule has 0 aliphatic heterocycles. The molecule has 0 unspecified atom stereocenters. The molecule has 0 bridgehead atoms. The molecule has 0 aromatic heterocycles. The van der Waals surface area contributed by atoms with E-state index in [1.165, 1.54) is 36.3 Å². The lowest BCUT2D eigenvalue weighted by molar-refractivity contribution is -0.385. The van der Waals surface area contributed by atoms with Crippen molar-refractivity contribution in [3.05, 3.63) is 58.1 Å². The quantitative estimate of drug-likeness (QED) is 0.606. The lowest BCUT2D eigenvalue weighted by atomic mass is 10.2. The first-order chi connectivity index (χ1) is 12.2. The molecule has 2 aromatic carbocycles. The number of carbonyl (C=O) groups excluding carboxylic acids is 1. The number of methoxy groups -OCH3 is 1. The minimum atomic E-state index is -4.18. The molecule has 1 N–H and O–H groups in total. The molecule has 0 aliphatic carbocycles. The summed E-state index contributed by atoms with van der Waals surface area (Å²) in [4.78, 5) is 23.2. The third kappa shape index (κ3) is 4.09. The van der Waals surface area contributed by atoms with Crippen LogP contribution in [0.3, 0.4) is 0 Å². The van der Waals surface area contributed by atoms with Gasteiger partial charge in [0.1, 0.15) is 10.6 Å². The van der Waals surface area contributed by atoms with Gasteiger partial charge in [0.25, 0.3) is 21.6 Å². The van der Waals surface area contributed by atoms with Gasteiger partial charge in [-0.2, -0.15) is 0 Å². The van der Waals surface area contributed by atoms with E-state index in [1.807, 2.05) is 0 Å². The maximum absolute atomic E-state index is 12.7. The summed E-state index contributed by atoms with van der Waals surface area (Å²) in [5.41, 5.74) is 0.0511. The highest BCUT2D eigenvalue weighted by Crippen LogP contribution is 2.29. The average molecular weight is 379 g/mol. The van der Waals surface area contributed by atoms with Crippen LogP contribution in [0, 0.1) is 10.1 Å². The van der Waals surface area contributed by atoms with Crippen LogP contribution >= 0.6 is 0 Å². The Balaban J connectivity index is 2.44. The van der Waals surface area contributed by atoms with E-state index in [4.69, 9.17) is 4.74 Å². The number of sulfonamides is 1. The molecule has 0 spiro atoms. The van der Waals surface area contributed by atoms with E-state index in [2.05, 4.69) is 4.72 Å². The van der Waals surface area contributed by atoms with Gasteiger partial charge in [-0.05, 0) is 24.3 Å². The summed E-state index contributed by atoms with van der Waals surface area (Å²) in [5.74, 6) is -0.331. The summed E-state index contributed by atoms with van der Waals surface area (Å²) in [6.45, 7) is 0. The van der Waals surface area contributed by atoms with Crippen LogP contribution < -0.4 is 9.46 Å². The van der Waals surface area contributed by atoms with Crippen LogP contribution in [0.2, 0.25) is 0 Å². The molecule has 138 valence electrons. The Bertz CT molecular complexity index is 956. The van der Waals surface area contributed by atoms with E-state index >= 15 is 0 Å². The van der Waals surface area contributed by atoms with Gasteiger partial charge in [-0.15, -0.1) is 0 Å². The van der Waals surface area contributed by atoms with E-state index in [-0.39, 0.29) is 27.9 Å². The van der Waals surface area contributed by atoms with Crippen molar-refractivity contribution in [2.45, 2.75) is 4.90 Å². The third-order valence-corrected chi connectivity index (χ3v) is 4.82. The van der Waals surface area contributed by atoms with Crippen molar-refractivity contribution >= 4 is 27.3 Å². The molecule has 0 heterocycles. The number of nitrogens with one attached hydrogen (secondary N) is 1. The maximum atomic E-state index is 12.7. The van der Waals surface area contributed by atoms with E-state index in [0.717, 1.165) is 12.1 Å². The minimum absolute atomic E-state index is 0.0383. The summed E-state index contributed by atoms with van der Waals surface area (Å²) in [6.07, 6.45) is 0. The zero-order chi connectivity index (χ0) is 19.5. The molecular formula is C16H17N3O6S. The van der Waals surface area contributed by atoms with Crippen molar-refractivity contribution in [2.75, 3.05) is 25.9 Å². The molecule has 0 saturated heterocycles. The van der Waals surface area contributed by atoms with Crippen molar-refractivity contribution in [3.8, 4) is 5.75 Å². The van der Waals surface area contributed by atoms with Gasteiger partial charge in [-0.1, -0.05) is 6.07 Å². The Morgan fingerprint density at radius 2 is 1.88 bits per heavy atom. The highest BCUT2D eigenvalue weighted by Gasteiger charge is 2.23. The normalized spacial score (nSPS) is 10.9. The van der Waals surface area contributed by atoms with E-state index in [1.54, 1.807) is 20.2 Å². The molecule has 0 saturated carbocycles. The number of nitro benzene ring substituents is 1. The molecule has 2 aromatic rings. The fourth-order valence-corrected chi connectivity index (χ4v) is 3.41. The standard InChI is InChI=1S/C16H17N3O6S/c1-18(2)16(20)11-5-4-6-12(9-11)17-26(23,24)15-10-13(19(21)22)7-8-14(15)25-3/h4-10,17H,1-3H3. The van der Waals surface area contributed by atoms with Crippen LogP contribution in [-0.4, -0.2) is 45.4 Å². The lowest BCUT2D eigenvalue weighted by Gasteiger charge is -2.13. The molecular weight excluding hydrogens is 362 g/mol. The van der Waals surface area contributed by atoms with Gasteiger partial charge in [0.15, 0.2) is 0 Å². The number of amides is 1. The largest absolute Gasteiger partial charge is 0.495 e. The first-order valence-corrected chi connectivity index (χ1v) is 8.81. The topological polar surface area (TPSA) is 119 Å². The Labute approximate surface area is 150 Å². The van der Waals surface area contributed by atoms with Crippen molar-refractivity contribution in [1.29, 1.82) is 0 Å². The van der Waals surface area contributed by atoms with E-state index in [0.29, 0.717) is 5.56 Å². The van der Waals surface area contributed by atoms with Gasteiger partial charge in [-0.25, -0.2) is 8.42 Å². The number of non-ortho nitro benzene ring substituents is 1. The number of anilines is 1. The highest BCUT2D eigenvalue weighted by atomic mass is 32.2. The summed E-state index contributed by atoms with van der Waals surface area (Å²) in [5, 5.41) is 10.9. The van der Waals surface area contributed by atoms with Crippen LogP contribution in [0.25, 0.3) is 0 Å². The van der Waals surface area contributed by atoms with E-state index in [9.17, 15) is 23.3 Å². The zero-order valence-electron chi connectivity index (χ0n) is 14.3. The van der Waals surface area contributed by atoms with Crippen molar-refractivity contribution in [1.82, 2.24) is 4.90 Å². The Morgan fingerprint density at radius 3 is 2.46 bits per heavy atom. The van der Waals surface area contributed by atoms with Crippen LogP contribution in [0.5, 0.6) is 5.75 Å². The molecule has 26 heavy (non-hydrogen) atoms. The summed E-state index contributed by atoms with van der Waals surface area (Å²) >= 11 is 0. The zero-order valence-corrected chi connectivity index (χ0v) is 15.1. The summed E-state index contributed by atoms with van der Waals surface area (Å²) in [6, 6.07) is 9.19. The van der Waals surface area contributed by atoms with Gasteiger partial charge in [-0.3, -0.25) is 19.6 Å². The van der Waals surface area contributed by atoms with Crippen molar-refractivity contribution < 1.29 is 22.9 Å². The fraction of sp³-hybridized carbons (Fsp3) is 0.188. The molecule has 0 fully saturated rings. The van der Waals surface area contributed by atoms with Crippen molar-refractivity contribution in [2.24, 2.45) is 0 Å². The third-order valence-electron chi connectivity index (χ3n) is 3.42. The van der Waals surface area contributed by atoms with Gasteiger partial charge in [0.2, 0.25) is 0 Å². The predicted octanol–water partition coefficient (Wildman–Crippen LogP) is 2.11. The first-order valence-electron chi connectivity index (χ1n) is 7.32. The predicted molar refractivity (Wildman–Crippen MR) is 94.9 cm³/mol. The van der Waals surface area contributed by atoms with Crippen LogP contribution in [0.4, 0.5) is 11.4 Å². The number of benzene rings is 2. The highest BCUT2D eigenvalue weighted by molar-refractivity contribution is 7.92. The molecule has 1 amide bonds. The second-order valence-corrected chi connectivity index (χ2v) is 7.13. The molecule has 0 radical (unpaired) electrons. The second-order valence-electron chi connectivity index (χ2n) is 5.48. The molecule has 0 aliphatic rings. The number of nitrogens with zero attached hydrogens (tertiary/aromatic N) is 2. The first kappa shape index (κ1) is 19.2. The molecule has 9 nitrogen and oxygen atoms in total. The lowest BCUT2D eigenvalue weighted by Crippen LogP contribution is -2.22. The number of hydrogen-bond donors (Lipinski definition) is 1. The smallest absolute Gasteiger partial charge is 0.271 e. The fourth-order valence-electron chi connectivity index (χ4n) is 2.17. The van der Waals surface area contributed by atoms with Crippen LogP contribution in [0.1, 0.15) is 10.4 Å². The van der Waals surface area contributed by atoms with Gasteiger partial charge < -0.3 is 9.64 Å². The number of ether oxygens (including phenoxy) is 1. The number of hydrogen-bond acceptors (Lipinski definition) is 6. The van der Waals surface area contributed by atoms with Crippen LogP contribution in [0.15, 0.2) is 47.4 Å². The van der Waals surface area contributed by atoms with Gasteiger partial charge >= 0.3 is 0 Å².